The Bertz CT molecular complexity index is 403. The van der Waals surface area contributed by atoms with E-state index in [-0.39, 0.29) is 0 Å². The summed E-state index contributed by atoms with van der Waals surface area (Å²) >= 11 is 3.59. The van der Waals surface area contributed by atoms with Gasteiger partial charge in [-0.2, -0.15) is 0 Å². The molecule has 0 saturated carbocycles. The van der Waals surface area contributed by atoms with Crippen LogP contribution in [0.15, 0.2) is 22.7 Å². The van der Waals surface area contributed by atoms with Crippen LogP contribution in [0.1, 0.15) is 31.9 Å². The second-order valence-electron chi connectivity index (χ2n) is 4.94. The van der Waals surface area contributed by atoms with Crippen molar-refractivity contribution in [2.75, 3.05) is 37.7 Å². The van der Waals surface area contributed by atoms with E-state index >= 15 is 0 Å². The molecule has 1 atom stereocenters. The molecule has 4 heteroatoms. The minimum absolute atomic E-state index is 0.372. The quantitative estimate of drug-likeness (QED) is 0.918. The lowest BCUT2D eigenvalue weighted by atomic mass is 10.0. The second kappa shape index (κ2) is 7.27. The van der Waals surface area contributed by atoms with Gasteiger partial charge in [0.25, 0.3) is 0 Å². The van der Waals surface area contributed by atoms with Crippen LogP contribution in [-0.2, 0) is 4.74 Å². The number of hydrogen-bond acceptors (Lipinski definition) is 3. The maximum atomic E-state index is 5.56. The van der Waals surface area contributed by atoms with Gasteiger partial charge in [0.15, 0.2) is 0 Å². The van der Waals surface area contributed by atoms with E-state index in [4.69, 9.17) is 4.74 Å². The molecule has 0 aliphatic carbocycles. The molecule has 1 saturated heterocycles. The summed E-state index contributed by atoms with van der Waals surface area (Å²) in [5, 5.41) is 3.50. The first-order chi connectivity index (χ1) is 9.22. The summed E-state index contributed by atoms with van der Waals surface area (Å²) in [5.74, 6) is 0. The molecule has 19 heavy (non-hydrogen) atoms. The van der Waals surface area contributed by atoms with Gasteiger partial charge in [-0.3, -0.25) is 0 Å². The van der Waals surface area contributed by atoms with Gasteiger partial charge in [-0.25, -0.2) is 0 Å². The highest BCUT2D eigenvalue weighted by molar-refractivity contribution is 9.10. The monoisotopic (exact) mass is 326 g/mol. The molecule has 2 rings (SSSR count). The van der Waals surface area contributed by atoms with Crippen LogP contribution in [0, 0.1) is 0 Å². The van der Waals surface area contributed by atoms with E-state index < -0.39 is 0 Å². The van der Waals surface area contributed by atoms with E-state index in [2.05, 4.69) is 58.2 Å². The highest BCUT2D eigenvalue weighted by Gasteiger charge is 2.17. The summed E-state index contributed by atoms with van der Waals surface area (Å²) in [5.41, 5.74) is 2.69. The van der Waals surface area contributed by atoms with Crippen LogP contribution in [0.5, 0.6) is 0 Å². The van der Waals surface area contributed by atoms with E-state index in [0.717, 1.165) is 43.7 Å². The van der Waals surface area contributed by atoms with E-state index in [9.17, 15) is 0 Å². The Morgan fingerprint density at radius 1 is 1.37 bits per heavy atom. The van der Waals surface area contributed by atoms with E-state index in [0.29, 0.717) is 6.04 Å². The van der Waals surface area contributed by atoms with Crippen LogP contribution in [-0.4, -0.2) is 32.8 Å². The van der Waals surface area contributed by atoms with Gasteiger partial charge < -0.3 is 15.0 Å². The zero-order chi connectivity index (χ0) is 13.7. The van der Waals surface area contributed by atoms with Gasteiger partial charge in [-0.1, -0.05) is 28.9 Å². The molecular weight excluding hydrogens is 304 g/mol. The Balaban J connectivity index is 2.27. The molecular formula is C15H23BrN2O. The molecule has 0 bridgehead atoms. The van der Waals surface area contributed by atoms with Crippen molar-refractivity contribution in [3.63, 3.8) is 0 Å². The van der Waals surface area contributed by atoms with Crippen molar-refractivity contribution in [1.82, 2.24) is 5.32 Å². The molecule has 1 fully saturated rings. The van der Waals surface area contributed by atoms with Crippen LogP contribution in [0.3, 0.4) is 0 Å². The van der Waals surface area contributed by atoms with Crippen LogP contribution in [0.4, 0.5) is 5.69 Å². The minimum atomic E-state index is 0.372. The van der Waals surface area contributed by atoms with Crippen molar-refractivity contribution in [1.29, 1.82) is 0 Å². The van der Waals surface area contributed by atoms with E-state index in [1.807, 2.05) is 0 Å². The zero-order valence-corrected chi connectivity index (χ0v) is 13.4. The number of benzene rings is 1. The first-order valence-electron chi connectivity index (χ1n) is 7.08. The fourth-order valence-electron chi connectivity index (χ4n) is 2.56. The summed E-state index contributed by atoms with van der Waals surface area (Å²) < 4.78 is 6.69. The van der Waals surface area contributed by atoms with Crippen molar-refractivity contribution in [2.24, 2.45) is 0 Å². The molecule has 1 aliphatic heterocycles. The maximum absolute atomic E-state index is 5.56. The van der Waals surface area contributed by atoms with Crippen molar-refractivity contribution in [3.05, 3.63) is 28.2 Å². The molecule has 106 valence electrons. The number of anilines is 1. The van der Waals surface area contributed by atoms with Gasteiger partial charge in [0.05, 0.1) is 6.61 Å². The van der Waals surface area contributed by atoms with Gasteiger partial charge in [-0.05, 0) is 37.6 Å². The number of halogens is 1. The SMILES string of the molecule is CCNC(C)c1ccc(Br)cc1N1CCCOCC1. The summed E-state index contributed by atoms with van der Waals surface area (Å²) in [4.78, 5) is 2.45. The first-order valence-corrected chi connectivity index (χ1v) is 7.87. The molecule has 1 heterocycles. The highest BCUT2D eigenvalue weighted by Crippen LogP contribution is 2.30. The highest BCUT2D eigenvalue weighted by atomic mass is 79.9. The van der Waals surface area contributed by atoms with Gasteiger partial charge in [0.1, 0.15) is 0 Å². The lowest BCUT2D eigenvalue weighted by molar-refractivity contribution is 0.152. The molecule has 1 N–H and O–H groups in total. The number of nitrogens with zero attached hydrogens (tertiary/aromatic N) is 1. The zero-order valence-electron chi connectivity index (χ0n) is 11.8. The molecule has 1 aromatic carbocycles. The first kappa shape index (κ1) is 14.8. The van der Waals surface area contributed by atoms with Gasteiger partial charge >= 0.3 is 0 Å². The van der Waals surface area contributed by atoms with E-state index in [1.165, 1.54) is 11.3 Å². The molecule has 1 aliphatic rings. The van der Waals surface area contributed by atoms with Crippen molar-refractivity contribution < 1.29 is 4.74 Å². The Labute approximate surface area is 124 Å². The standard InChI is InChI=1S/C15H23BrN2O/c1-3-17-12(2)14-6-5-13(16)11-15(14)18-7-4-9-19-10-8-18/h5-6,11-12,17H,3-4,7-10H2,1-2H3. The Hall–Kier alpha value is -0.580. The molecule has 0 amide bonds. The fourth-order valence-corrected chi connectivity index (χ4v) is 2.91. The summed E-state index contributed by atoms with van der Waals surface area (Å²) in [7, 11) is 0. The van der Waals surface area contributed by atoms with Crippen molar-refractivity contribution >= 4 is 21.6 Å². The summed E-state index contributed by atoms with van der Waals surface area (Å²) in [6.45, 7) is 9.11. The number of nitrogens with one attached hydrogen (secondary N) is 1. The third-order valence-corrected chi connectivity index (χ3v) is 4.03. The Morgan fingerprint density at radius 2 is 2.21 bits per heavy atom. The average Bonchev–Trinajstić information content (AvgIpc) is 2.67. The topological polar surface area (TPSA) is 24.5 Å². The largest absolute Gasteiger partial charge is 0.380 e. The normalized spacial score (nSPS) is 18.2. The average molecular weight is 327 g/mol. The summed E-state index contributed by atoms with van der Waals surface area (Å²) in [6.07, 6.45) is 1.10. The third-order valence-electron chi connectivity index (χ3n) is 3.53. The predicted molar refractivity (Wildman–Crippen MR) is 83.9 cm³/mol. The van der Waals surface area contributed by atoms with Crippen LogP contribution in [0.2, 0.25) is 0 Å². The second-order valence-corrected chi connectivity index (χ2v) is 5.85. The lowest BCUT2D eigenvalue weighted by Crippen LogP contribution is -2.29. The van der Waals surface area contributed by atoms with Crippen LogP contribution in [0.25, 0.3) is 0 Å². The third kappa shape index (κ3) is 3.94. The molecule has 0 aromatic heterocycles. The molecule has 1 aromatic rings. The Kier molecular flexibility index (Phi) is 5.67. The minimum Gasteiger partial charge on any atom is -0.380 e. The molecule has 3 nitrogen and oxygen atoms in total. The molecule has 1 unspecified atom stereocenters. The fraction of sp³-hybridized carbons (Fsp3) is 0.600. The lowest BCUT2D eigenvalue weighted by Gasteiger charge is -2.27. The number of hydrogen-bond donors (Lipinski definition) is 1. The van der Waals surface area contributed by atoms with E-state index in [1.54, 1.807) is 0 Å². The van der Waals surface area contributed by atoms with Gasteiger partial charge in [-0.15, -0.1) is 0 Å². The molecule has 0 spiro atoms. The van der Waals surface area contributed by atoms with Crippen LogP contribution < -0.4 is 10.2 Å². The van der Waals surface area contributed by atoms with Crippen molar-refractivity contribution in [2.45, 2.75) is 26.3 Å². The van der Waals surface area contributed by atoms with Gasteiger partial charge in [0, 0.05) is 35.9 Å². The van der Waals surface area contributed by atoms with Crippen LogP contribution >= 0.6 is 15.9 Å². The molecule has 0 radical (unpaired) electrons. The summed E-state index contributed by atoms with van der Waals surface area (Å²) in [6, 6.07) is 6.95. The Morgan fingerprint density at radius 3 is 3.00 bits per heavy atom. The van der Waals surface area contributed by atoms with Gasteiger partial charge in [0.2, 0.25) is 0 Å². The number of ether oxygens (including phenoxy) is 1. The van der Waals surface area contributed by atoms with Crippen molar-refractivity contribution in [3.8, 4) is 0 Å². The predicted octanol–water partition coefficient (Wildman–Crippen LogP) is 3.35. The maximum Gasteiger partial charge on any atom is 0.0641 e. The smallest absolute Gasteiger partial charge is 0.0641 e. The number of rotatable bonds is 4.